The molecule has 0 saturated heterocycles. The molecule has 0 spiro atoms. The lowest BCUT2D eigenvalue weighted by atomic mass is 10.1. The average Bonchev–Trinajstić information content (AvgIpc) is 3.08. The number of hydrogen-bond acceptors (Lipinski definition) is 4. The van der Waals surface area contributed by atoms with Gasteiger partial charge in [0, 0.05) is 18.2 Å². The summed E-state index contributed by atoms with van der Waals surface area (Å²) in [4.78, 5) is 32.5. The number of esters is 1. The Balaban J connectivity index is 2.29. The zero-order valence-electron chi connectivity index (χ0n) is 12.2. The van der Waals surface area contributed by atoms with Crippen LogP contribution in [-0.4, -0.2) is 40.9 Å². The number of benzene rings is 1. The minimum absolute atomic E-state index is 0.325. The summed E-state index contributed by atoms with van der Waals surface area (Å²) in [5.74, 6) is 1.60. The van der Waals surface area contributed by atoms with Crippen molar-refractivity contribution in [3.63, 3.8) is 0 Å². The number of imidazole rings is 1. The maximum Gasteiger partial charge on any atom is 0.334 e. The number of ether oxygens (including phenoxy) is 1. The minimum Gasteiger partial charge on any atom is -0.467 e. The normalized spacial score (nSPS) is 11.3. The summed E-state index contributed by atoms with van der Waals surface area (Å²) in [6.07, 6.45) is 8.20. The Morgan fingerprint density at radius 3 is 2.55 bits per heavy atom. The van der Waals surface area contributed by atoms with E-state index in [1.54, 1.807) is 24.3 Å². The second-order valence-corrected chi connectivity index (χ2v) is 4.57. The van der Waals surface area contributed by atoms with Gasteiger partial charge in [0.05, 0.1) is 25.3 Å². The van der Waals surface area contributed by atoms with Crippen LogP contribution in [0.5, 0.6) is 0 Å². The number of nitrogens with zero attached hydrogens (tertiary/aromatic N) is 2. The zero-order chi connectivity index (χ0) is 16.1. The fourth-order valence-electron chi connectivity index (χ4n) is 2.05. The van der Waals surface area contributed by atoms with Crippen molar-refractivity contribution in [1.29, 1.82) is 0 Å². The van der Waals surface area contributed by atoms with E-state index in [1.807, 2.05) is 0 Å². The molecular formula is C16H15N3O3. The number of rotatable bonds is 4. The molecule has 0 fully saturated rings. The molecule has 1 unspecified atom stereocenters. The van der Waals surface area contributed by atoms with E-state index in [0.717, 1.165) is 0 Å². The van der Waals surface area contributed by atoms with Crippen molar-refractivity contribution in [3.05, 3.63) is 53.6 Å². The van der Waals surface area contributed by atoms with Crippen LogP contribution in [0.25, 0.3) is 0 Å². The highest BCUT2D eigenvalue weighted by atomic mass is 16.5. The zero-order valence-corrected chi connectivity index (χ0v) is 12.2. The summed E-state index contributed by atoms with van der Waals surface area (Å²) in [6, 6.07) is 5.69. The van der Waals surface area contributed by atoms with Gasteiger partial charge in [0.15, 0.2) is 6.04 Å². The smallest absolute Gasteiger partial charge is 0.334 e. The predicted octanol–water partition coefficient (Wildman–Crippen LogP) is 1.38. The minimum atomic E-state index is -0.896. The molecule has 6 nitrogen and oxygen atoms in total. The van der Waals surface area contributed by atoms with E-state index in [-0.39, 0.29) is 5.91 Å². The number of nitrogens with one attached hydrogen (secondary N) is 1. The fraction of sp³-hybridized carbons (Fsp3) is 0.188. The third kappa shape index (κ3) is 2.99. The van der Waals surface area contributed by atoms with E-state index < -0.39 is 12.0 Å². The van der Waals surface area contributed by atoms with Crippen LogP contribution in [0.3, 0.4) is 0 Å². The van der Waals surface area contributed by atoms with Crippen molar-refractivity contribution in [3.8, 4) is 12.3 Å². The SMILES string of the molecule is C#Cc1ccc(C(=O)N(C)C(C(=O)OC)c2cnc[nH]2)cc1. The van der Waals surface area contributed by atoms with Gasteiger partial charge in [0.1, 0.15) is 0 Å². The number of carbonyl (C=O) groups excluding carboxylic acids is 2. The standard InChI is InChI=1S/C16H15N3O3/c1-4-11-5-7-12(8-6-11)15(20)19(2)14(16(21)22-3)13-9-17-10-18-13/h1,5-10,14H,2-3H3,(H,17,18). The first-order chi connectivity index (χ1) is 10.6. The van der Waals surface area contributed by atoms with E-state index in [4.69, 9.17) is 11.2 Å². The van der Waals surface area contributed by atoms with Crippen molar-refractivity contribution in [1.82, 2.24) is 14.9 Å². The molecular weight excluding hydrogens is 282 g/mol. The van der Waals surface area contributed by atoms with Gasteiger partial charge in [-0.3, -0.25) is 4.79 Å². The van der Waals surface area contributed by atoms with E-state index >= 15 is 0 Å². The largest absolute Gasteiger partial charge is 0.467 e. The maximum atomic E-state index is 12.5. The molecule has 1 aromatic heterocycles. The number of hydrogen-bond donors (Lipinski definition) is 1. The highest BCUT2D eigenvalue weighted by Gasteiger charge is 2.31. The van der Waals surface area contributed by atoms with Crippen molar-refractivity contribution < 1.29 is 14.3 Å². The van der Waals surface area contributed by atoms with Crippen molar-refractivity contribution >= 4 is 11.9 Å². The third-order valence-electron chi connectivity index (χ3n) is 3.24. The van der Waals surface area contributed by atoms with Crippen LogP contribution in [0.15, 0.2) is 36.8 Å². The van der Waals surface area contributed by atoms with Gasteiger partial charge >= 0.3 is 5.97 Å². The van der Waals surface area contributed by atoms with E-state index in [2.05, 4.69) is 15.9 Å². The molecule has 112 valence electrons. The summed E-state index contributed by atoms with van der Waals surface area (Å²) in [6.45, 7) is 0. The number of methoxy groups -OCH3 is 1. The number of aromatic amines is 1. The van der Waals surface area contributed by atoms with Crippen molar-refractivity contribution in [2.45, 2.75) is 6.04 Å². The molecule has 1 amide bonds. The molecule has 6 heteroatoms. The van der Waals surface area contributed by atoms with Gasteiger partial charge in [-0.25, -0.2) is 9.78 Å². The first-order valence-corrected chi connectivity index (χ1v) is 6.48. The third-order valence-corrected chi connectivity index (χ3v) is 3.24. The number of likely N-dealkylation sites (N-methyl/N-ethyl adjacent to an activating group) is 1. The number of amides is 1. The van der Waals surface area contributed by atoms with Crippen LogP contribution >= 0.6 is 0 Å². The lowest BCUT2D eigenvalue weighted by Crippen LogP contribution is -2.36. The molecule has 1 atom stereocenters. The van der Waals surface area contributed by atoms with Crippen LogP contribution in [0, 0.1) is 12.3 Å². The summed E-state index contributed by atoms with van der Waals surface area (Å²) in [7, 11) is 2.80. The second-order valence-electron chi connectivity index (χ2n) is 4.57. The number of H-pyrrole nitrogens is 1. The first kappa shape index (κ1) is 15.3. The van der Waals surface area contributed by atoms with Crippen molar-refractivity contribution in [2.75, 3.05) is 14.2 Å². The molecule has 0 aliphatic carbocycles. The maximum absolute atomic E-state index is 12.5. The monoisotopic (exact) mass is 297 g/mol. The van der Waals surface area contributed by atoms with Gasteiger partial charge in [-0.2, -0.15) is 0 Å². The molecule has 22 heavy (non-hydrogen) atoms. The Bertz CT molecular complexity index is 699. The van der Waals surface area contributed by atoms with Gasteiger partial charge in [0.2, 0.25) is 0 Å². The van der Waals surface area contributed by atoms with Crippen LogP contribution in [0.4, 0.5) is 0 Å². The Hall–Kier alpha value is -3.07. The summed E-state index contributed by atoms with van der Waals surface area (Å²) in [5, 5.41) is 0. The summed E-state index contributed by atoms with van der Waals surface area (Å²) in [5.41, 5.74) is 1.58. The number of terminal acetylenes is 1. The number of carbonyl (C=O) groups is 2. The van der Waals surface area contributed by atoms with Crippen LogP contribution < -0.4 is 0 Å². The predicted molar refractivity (Wildman–Crippen MR) is 79.8 cm³/mol. The molecule has 0 radical (unpaired) electrons. The first-order valence-electron chi connectivity index (χ1n) is 6.48. The van der Waals surface area contributed by atoms with Gasteiger partial charge in [-0.15, -0.1) is 6.42 Å². The highest BCUT2D eigenvalue weighted by molar-refractivity contribution is 5.96. The summed E-state index contributed by atoms with van der Waals surface area (Å²) < 4.78 is 4.77. The Labute approximate surface area is 128 Å². The Morgan fingerprint density at radius 1 is 1.36 bits per heavy atom. The van der Waals surface area contributed by atoms with Crippen LogP contribution in [-0.2, 0) is 9.53 Å². The average molecular weight is 297 g/mol. The molecule has 1 heterocycles. The van der Waals surface area contributed by atoms with Gasteiger partial charge in [0.25, 0.3) is 5.91 Å². The molecule has 2 rings (SSSR count). The topological polar surface area (TPSA) is 75.3 Å². The van der Waals surface area contributed by atoms with Gasteiger partial charge < -0.3 is 14.6 Å². The second kappa shape index (κ2) is 6.59. The van der Waals surface area contributed by atoms with Gasteiger partial charge in [-0.05, 0) is 24.3 Å². The Kier molecular flexibility index (Phi) is 4.59. The van der Waals surface area contributed by atoms with E-state index in [0.29, 0.717) is 16.8 Å². The van der Waals surface area contributed by atoms with Crippen molar-refractivity contribution in [2.24, 2.45) is 0 Å². The molecule has 0 aliphatic rings. The van der Waals surface area contributed by atoms with Gasteiger partial charge in [-0.1, -0.05) is 5.92 Å². The molecule has 2 aromatic rings. The molecule has 0 bridgehead atoms. The highest BCUT2D eigenvalue weighted by Crippen LogP contribution is 2.21. The molecule has 0 aliphatic heterocycles. The van der Waals surface area contributed by atoms with Crippen LogP contribution in [0.1, 0.15) is 27.7 Å². The number of aromatic nitrogens is 2. The lowest BCUT2D eigenvalue weighted by molar-refractivity contribution is -0.146. The molecule has 1 aromatic carbocycles. The quantitative estimate of drug-likeness (QED) is 0.683. The Morgan fingerprint density at radius 2 is 2.05 bits per heavy atom. The van der Waals surface area contributed by atoms with E-state index in [9.17, 15) is 9.59 Å². The van der Waals surface area contributed by atoms with Crippen LogP contribution in [0.2, 0.25) is 0 Å². The lowest BCUT2D eigenvalue weighted by Gasteiger charge is -2.25. The fourth-order valence-corrected chi connectivity index (χ4v) is 2.05. The molecule has 1 N–H and O–H groups in total. The summed E-state index contributed by atoms with van der Waals surface area (Å²) >= 11 is 0. The molecule has 0 saturated carbocycles. The van der Waals surface area contributed by atoms with E-state index in [1.165, 1.54) is 31.6 Å².